The lowest BCUT2D eigenvalue weighted by molar-refractivity contribution is -0.123. The van der Waals surface area contributed by atoms with Crippen LogP contribution in [0.5, 0.6) is 0 Å². The van der Waals surface area contributed by atoms with Gasteiger partial charge in [0.1, 0.15) is 0 Å². The fourth-order valence-corrected chi connectivity index (χ4v) is 2.86. The lowest BCUT2D eigenvalue weighted by atomic mass is 9.94. The van der Waals surface area contributed by atoms with Crippen LogP contribution in [0.1, 0.15) is 51.9 Å². The van der Waals surface area contributed by atoms with Crippen molar-refractivity contribution in [3.63, 3.8) is 0 Å². The largest absolute Gasteiger partial charge is 0.355 e. The average Bonchev–Trinajstić information content (AvgIpc) is 3.14. The number of carbonyl (C=O) groups is 1. The van der Waals surface area contributed by atoms with Crippen LogP contribution >= 0.6 is 0 Å². The predicted octanol–water partition coefficient (Wildman–Crippen LogP) is 2.17. The molecule has 0 atom stereocenters. The third-order valence-corrected chi connectivity index (χ3v) is 4.00. The van der Waals surface area contributed by atoms with E-state index in [1.54, 1.807) is 0 Å². The Balaban J connectivity index is 1.84. The van der Waals surface area contributed by atoms with Crippen molar-refractivity contribution in [3.8, 4) is 0 Å². The first-order valence-corrected chi connectivity index (χ1v) is 7.30. The third kappa shape index (κ3) is 4.30. The minimum absolute atomic E-state index is 0.207. The van der Waals surface area contributed by atoms with Crippen LogP contribution in [-0.2, 0) is 4.79 Å². The molecule has 0 bridgehead atoms. The molecule has 17 heavy (non-hydrogen) atoms. The van der Waals surface area contributed by atoms with Crippen LogP contribution in [-0.4, -0.2) is 36.5 Å². The molecule has 2 saturated carbocycles. The van der Waals surface area contributed by atoms with E-state index in [4.69, 9.17) is 0 Å². The SMILES string of the molecule is CCNC(=O)CN(CC1CC1)C1CCCCC1. The molecule has 3 nitrogen and oxygen atoms in total. The Morgan fingerprint density at radius 2 is 1.88 bits per heavy atom. The van der Waals surface area contributed by atoms with Crippen LogP contribution in [0.15, 0.2) is 0 Å². The molecule has 2 rings (SSSR count). The normalized spacial score (nSPS) is 21.8. The Kier molecular flexibility index (Phi) is 4.84. The number of hydrogen-bond acceptors (Lipinski definition) is 2. The van der Waals surface area contributed by atoms with E-state index in [2.05, 4.69) is 10.2 Å². The first kappa shape index (κ1) is 12.9. The first-order chi connectivity index (χ1) is 8.29. The summed E-state index contributed by atoms with van der Waals surface area (Å²) in [5, 5.41) is 2.93. The van der Waals surface area contributed by atoms with E-state index in [1.807, 2.05) is 6.92 Å². The van der Waals surface area contributed by atoms with Crippen LogP contribution in [0.2, 0.25) is 0 Å². The Morgan fingerprint density at radius 1 is 1.18 bits per heavy atom. The molecule has 2 aliphatic rings. The molecule has 0 radical (unpaired) electrons. The maximum Gasteiger partial charge on any atom is 0.234 e. The summed E-state index contributed by atoms with van der Waals surface area (Å²) in [5.74, 6) is 1.09. The van der Waals surface area contributed by atoms with Gasteiger partial charge in [-0.05, 0) is 38.5 Å². The van der Waals surface area contributed by atoms with Gasteiger partial charge in [-0.15, -0.1) is 0 Å². The van der Waals surface area contributed by atoms with Gasteiger partial charge in [-0.2, -0.15) is 0 Å². The minimum Gasteiger partial charge on any atom is -0.355 e. The van der Waals surface area contributed by atoms with Crippen molar-refractivity contribution in [1.82, 2.24) is 10.2 Å². The number of nitrogens with one attached hydrogen (secondary N) is 1. The summed E-state index contributed by atoms with van der Waals surface area (Å²) in [4.78, 5) is 14.2. The van der Waals surface area contributed by atoms with Crippen LogP contribution in [0.4, 0.5) is 0 Å². The van der Waals surface area contributed by atoms with E-state index in [0.29, 0.717) is 12.6 Å². The second-order valence-corrected chi connectivity index (χ2v) is 5.62. The van der Waals surface area contributed by atoms with Gasteiger partial charge >= 0.3 is 0 Å². The summed E-state index contributed by atoms with van der Waals surface area (Å²) in [5.41, 5.74) is 0. The molecule has 0 unspecified atom stereocenters. The zero-order valence-corrected chi connectivity index (χ0v) is 11.1. The fourth-order valence-electron chi connectivity index (χ4n) is 2.86. The summed E-state index contributed by atoms with van der Waals surface area (Å²) in [6, 6.07) is 0.673. The van der Waals surface area contributed by atoms with Gasteiger partial charge < -0.3 is 5.32 Å². The molecule has 0 aliphatic heterocycles. The van der Waals surface area contributed by atoms with E-state index in [0.717, 1.165) is 19.0 Å². The van der Waals surface area contributed by atoms with E-state index in [-0.39, 0.29) is 5.91 Å². The number of likely N-dealkylation sites (N-methyl/N-ethyl adjacent to an activating group) is 1. The number of nitrogens with zero attached hydrogens (tertiary/aromatic N) is 1. The molecule has 1 amide bonds. The van der Waals surface area contributed by atoms with Gasteiger partial charge in [-0.25, -0.2) is 0 Å². The highest BCUT2D eigenvalue weighted by Crippen LogP contribution is 2.32. The molecule has 2 fully saturated rings. The molecular weight excluding hydrogens is 212 g/mol. The molecule has 0 spiro atoms. The highest BCUT2D eigenvalue weighted by molar-refractivity contribution is 5.77. The number of rotatable bonds is 6. The summed E-state index contributed by atoms with van der Waals surface area (Å²) in [7, 11) is 0. The van der Waals surface area contributed by atoms with Crippen LogP contribution in [0, 0.1) is 5.92 Å². The first-order valence-electron chi connectivity index (χ1n) is 7.30. The highest BCUT2D eigenvalue weighted by atomic mass is 16.2. The molecule has 0 heterocycles. The molecule has 0 aromatic carbocycles. The summed E-state index contributed by atoms with van der Waals surface area (Å²) >= 11 is 0. The highest BCUT2D eigenvalue weighted by Gasteiger charge is 2.29. The van der Waals surface area contributed by atoms with Gasteiger partial charge in [0.25, 0.3) is 0 Å². The Labute approximate surface area is 105 Å². The maximum atomic E-state index is 11.7. The molecule has 98 valence electrons. The fraction of sp³-hybridized carbons (Fsp3) is 0.929. The lowest BCUT2D eigenvalue weighted by Crippen LogP contribution is -2.44. The molecule has 2 aliphatic carbocycles. The quantitative estimate of drug-likeness (QED) is 0.769. The Morgan fingerprint density at radius 3 is 2.47 bits per heavy atom. The molecular formula is C14H26N2O. The summed E-state index contributed by atoms with van der Waals surface area (Å²) in [6.45, 7) is 4.52. The monoisotopic (exact) mass is 238 g/mol. The lowest BCUT2D eigenvalue weighted by Gasteiger charge is -2.34. The zero-order chi connectivity index (χ0) is 12.1. The second kappa shape index (κ2) is 6.39. The molecule has 0 saturated heterocycles. The predicted molar refractivity (Wildman–Crippen MR) is 69.9 cm³/mol. The number of carbonyl (C=O) groups excluding carboxylic acids is 1. The van der Waals surface area contributed by atoms with Crippen molar-refractivity contribution in [2.45, 2.75) is 57.9 Å². The van der Waals surface area contributed by atoms with Crippen molar-refractivity contribution < 1.29 is 4.79 Å². The van der Waals surface area contributed by atoms with Crippen LogP contribution < -0.4 is 5.32 Å². The second-order valence-electron chi connectivity index (χ2n) is 5.62. The van der Waals surface area contributed by atoms with Crippen LogP contribution in [0.25, 0.3) is 0 Å². The molecule has 1 N–H and O–H groups in total. The average molecular weight is 238 g/mol. The van der Waals surface area contributed by atoms with Gasteiger partial charge in [-0.1, -0.05) is 19.3 Å². The van der Waals surface area contributed by atoms with E-state index in [9.17, 15) is 4.79 Å². The number of amides is 1. The van der Waals surface area contributed by atoms with E-state index in [1.165, 1.54) is 44.9 Å². The Bertz CT molecular complexity index is 245. The molecule has 0 aromatic heterocycles. The molecule has 0 aromatic rings. The topological polar surface area (TPSA) is 32.3 Å². The Hall–Kier alpha value is -0.570. The van der Waals surface area contributed by atoms with Gasteiger partial charge in [0.05, 0.1) is 6.54 Å². The summed E-state index contributed by atoms with van der Waals surface area (Å²) < 4.78 is 0. The minimum atomic E-state index is 0.207. The smallest absolute Gasteiger partial charge is 0.234 e. The van der Waals surface area contributed by atoms with E-state index >= 15 is 0 Å². The van der Waals surface area contributed by atoms with Crippen molar-refractivity contribution in [3.05, 3.63) is 0 Å². The van der Waals surface area contributed by atoms with Gasteiger partial charge in [-0.3, -0.25) is 9.69 Å². The molecule has 3 heteroatoms. The standard InChI is InChI=1S/C14H26N2O/c1-2-15-14(17)11-16(10-12-8-9-12)13-6-4-3-5-7-13/h12-13H,2-11H2,1H3,(H,15,17). The number of hydrogen-bond donors (Lipinski definition) is 1. The van der Waals surface area contributed by atoms with Crippen molar-refractivity contribution in [2.75, 3.05) is 19.6 Å². The van der Waals surface area contributed by atoms with E-state index < -0.39 is 0 Å². The summed E-state index contributed by atoms with van der Waals surface area (Å²) in [6.07, 6.45) is 9.42. The van der Waals surface area contributed by atoms with Gasteiger partial charge in [0.15, 0.2) is 0 Å². The van der Waals surface area contributed by atoms with Crippen molar-refractivity contribution >= 4 is 5.91 Å². The van der Waals surface area contributed by atoms with Gasteiger partial charge in [0, 0.05) is 19.1 Å². The van der Waals surface area contributed by atoms with Crippen molar-refractivity contribution in [1.29, 1.82) is 0 Å². The van der Waals surface area contributed by atoms with Crippen molar-refractivity contribution in [2.24, 2.45) is 5.92 Å². The zero-order valence-electron chi connectivity index (χ0n) is 11.1. The van der Waals surface area contributed by atoms with Gasteiger partial charge in [0.2, 0.25) is 5.91 Å². The maximum absolute atomic E-state index is 11.7. The van der Waals surface area contributed by atoms with Crippen LogP contribution in [0.3, 0.4) is 0 Å². The third-order valence-electron chi connectivity index (χ3n) is 4.00.